The van der Waals surface area contributed by atoms with Crippen LogP contribution >= 0.6 is 0 Å². The summed E-state index contributed by atoms with van der Waals surface area (Å²) in [6.45, 7) is 7.75. The van der Waals surface area contributed by atoms with Gasteiger partial charge in [0.15, 0.2) is 5.78 Å². The molecule has 1 atom stereocenters. The first-order valence-electron chi connectivity index (χ1n) is 4.39. The van der Waals surface area contributed by atoms with Gasteiger partial charge in [0.1, 0.15) is 0 Å². The Morgan fingerprint density at radius 3 is 2.25 bits per heavy atom. The number of carbonyl (C=O) groups is 1. The molecule has 0 unspecified atom stereocenters. The van der Waals surface area contributed by atoms with Gasteiger partial charge < -0.3 is 5.41 Å². The first-order chi connectivity index (χ1) is 5.49. The summed E-state index contributed by atoms with van der Waals surface area (Å²) in [5.41, 5.74) is 0.277. The van der Waals surface area contributed by atoms with Crippen LogP contribution in [0.2, 0.25) is 0 Å². The molecule has 0 aliphatic heterocycles. The van der Waals surface area contributed by atoms with Crippen LogP contribution in [0.5, 0.6) is 0 Å². The SMILES string of the molecule is CC[C@@H](C)C(=N)C(=O)C[C](C)C. The normalized spacial score (nSPS) is 13.1. The van der Waals surface area contributed by atoms with E-state index in [1.165, 1.54) is 0 Å². The Kier molecular flexibility index (Phi) is 4.79. The van der Waals surface area contributed by atoms with E-state index in [0.29, 0.717) is 6.42 Å². The van der Waals surface area contributed by atoms with Crippen LogP contribution in [0.25, 0.3) is 0 Å². The van der Waals surface area contributed by atoms with E-state index in [0.717, 1.165) is 12.3 Å². The standard InChI is InChI=1S/C10H18NO/c1-5-8(4)10(11)9(12)6-7(2)3/h8,11H,5-6H2,1-4H3/t8-/m1/s1. The van der Waals surface area contributed by atoms with Gasteiger partial charge in [-0.1, -0.05) is 27.7 Å². The van der Waals surface area contributed by atoms with Crippen LogP contribution in [0.15, 0.2) is 0 Å². The molecule has 2 nitrogen and oxygen atoms in total. The van der Waals surface area contributed by atoms with Crippen LogP contribution < -0.4 is 0 Å². The number of Topliss-reactive ketones (excluding diaryl/α,β-unsaturated/α-hetero) is 1. The highest BCUT2D eigenvalue weighted by Gasteiger charge is 2.16. The van der Waals surface area contributed by atoms with Gasteiger partial charge in [-0.3, -0.25) is 4.79 Å². The summed E-state index contributed by atoms with van der Waals surface area (Å²) in [4.78, 5) is 11.3. The summed E-state index contributed by atoms with van der Waals surface area (Å²) in [6.07, 6.45) is 1.30. The van der Waals surface area contributed by atoms with Gasteiger partial charge in [-0.15, -0.1) is 0 Å². The van der Waals surface area contributed by atoms with Crippen molar-refractivity contribution in [1.29, 1.82) is 5.41 Å². The van der Waals surface area contributed by atoms with Crippen molar-refractivity contribution >= 4 is 11.5 Å². The molecule has 0 heterocycles. The molecular formula is C10H18NO. The van der Waals surface area contributed by atoms with Gasteiger partial charge in [-0.25, -0.2) is 0 Å². The fourth-order valence-corrected chi connectivity index (χ4v) is 0.895. The molecule has 0 aromatic heterocycles. The molecule has 1 radical (unpaired) electrons. The number of rotatable bonds is 5. The zero-order valence-corrected chi connectivity index (χ0v) is 8.40. The molecule has 0 aromatic rings. The summed E-state index contributed by atoms with van der Waals surface area (Å²) in [5.74, 6) is 1.16. The Morgan fingerprint density at radius 2 is 1.92 bits per heavy atom. The number of ketones is 1. The third kappa shape index (κ3) is 3.65. The number of carbonyl (C=O) groups excluding carboxylic acids is 1. The van der Waals surface area contributed by atoms with Crippen molar-refractivity contribution in [2.24, 2.45) is 5.92 Å². The minimum absolute atomic E-state index is 0.0237. The lowest BCUT2D eigenvalue weighted by molar-refractivity contribution is -0.113. The summed E-state index contributed by atoms with van der Waals surface area (Å²) in [5, 5.41) is 7.53. The quantitative estimate of drug-likeness (QED) is 0.630. The monoisotopic (exact) mass is 168 g/mol. The molecule has 0 saturated heterocycles. The lowest BCUT2D eigenvalue weighted by Crippen LogP contribution is -2.21. The molecule has 0 amide bonds. The van der Waals surface area contributed by atoms with Crippen molar-refractivity contribution in [1.82, 2.24) is 0 Å². The Hall–Kier alpha value is -0.660. The Morgan fingerprint density at radius 1 is 1.42 bits per heavy atom. The van der Waals surface area contributed by atoms with Gasteiger partial charge in [-0.2, -0.15) is 0 Å². The number of nitrogens with one attached hydrogen (secondary N) is 1. The lowest BCUT2D eigenvalue weighted by atomic mass is 9.95. The highest BCUT2D eigenvalue weighted by atomic mass is 16.1. The number of hydrogen-bond donors (Lipinski definition) is 1. The lowest BCUT2D eigenvalue weighted by Gasteiger charge is -2.10. The van der Waals surface area contributed by atoms with E-state index in [1.54, 1.807) is 0 Å². The maximum atomic E-state index is 11.3. The molecule has 0 fully saturated rings. The average molecular weight is 168 g/mol. The van der Waals surface area contributed by atoms with E-state index in [9.17, 15) is 4.79 Å². The number of hydrogen-bond acceptors (Lipinski definition) is 2. The zero-order valence-electron chi connectivity index (χ0n) is 8.40. The van der Waals surface area contributed by atoms with Gasteiger partial charge in [0, 0.05) is 12.3 Å². The predicted molar refractivity (Wildman–Crippen MR) is 51.4 cm³/mol. The molecule has 69 valence electrons. The van der Waals surface area contributed by atoms with Crippen molar-refractivity contribution in [2.75, 3.05) is 0 Å². The molecule has 0 bridgehead atoms. The van der Waals surface area contributed by atoms with Gasteiger partial charge in [0.2, 0.25) is 0 Å². The Bertz CT molecular complexity index is 173. The second kappa shape index (κ2) is 5.07. The molecule has 0 aliphatic carbocycles. The highest BCUT2D eigenvalue weighted by Crippen LogP contribution is 2.09. The van der Waals surface area contributed by atoms with E-state index in [2.05, 4.69) is 0 Å². The van der Waals surface area contributed by atoms with Gasteiger partial charge in [0.05, 0.1) is 5.71 Å². The Balaban J connectivity index is 4.02. The third-order valence-corrected chi connectivity index (χ3v) is 1.92. The van der Waals surface area contributed by atoms with E-state index in [1.807, 2.05) is 27.7 Å². The van der Waals surface area contributed by atoms with Crippen LogP contribution in [-0.4, -0.2) is 11.5 Å². The summed E-state index contributed by atoms with van der Waals surface area (Å²) < 4.78 is 0. The summed E-state index contributed by atoms with van der Waals surface area (Å²) in [7, 11) is 0. The molecule has 0 spiro atoms. The molecule has 0 aromatic carbocycles. The molecule has 0 rings (SSSR count). The van der Waals surface area contributed by atoms with Crippen molar-refractivity contribution in [3.8, 4) is 0 Å². The van der Waals surface area contributed by atoms with Crippen molar-refractivity contribution in [3.63, 3.8) is 0 Å². The van der Waals surface area contributed by atoms with Crippen LogP contribution in [0, 0.1) is 17.2 Å². The largest absolute Gasteiger partial charge is 0.301 e. The minimum atomic E-state index is -0.0237. The van der Waals surface area contributed by atoms with Crippen LogP contribution in [0.1, 0.15) is 40.5 Å². The van der Waals surface area contributed by atoms with E-state index < -0.39 is 0 Å². The molecule has 1 N–H and O–H groups in total. The molecular weight excluding hydrogens is 150 g/mol. The molecule has 0 aliphatic rings. The van der Waals surface area contributed by atoms with Gasteiger partial charge in [0.25, 0.3) is 0 Å². The zero-order chi connectivity index (χ0) is 9.72. The van der Waals surface area contributed by atoms with Crippen molar-refractivity contribution in [3.05, 3.63) is 5.92 Å². The first kappa shape index (κ1) is 11.3. The van der Waals surface area contributed by atoms with E-state index in [-0.39, 0.29) is 17.4 Å². The second-order valence-corrected chi connectivity index (χ2v) is 3.53. The first-order valence-corrected chi connectivity index (χ1v) is 4.39. The smallest absolute Gasteiger partial charge is 0.177 e. The summed E-state index contributed by atoms with van der Waals surface area (Å²) in [6, 6.07) is 0. The van der Waals surface area contributed by atoms with Crippen molar-refractivity contribution in [2.45, 2.75) is 40.5 Å². The van der Waals surface area contributed by atoms with E-state index >= 15 is 0 Å². The Labute approximate surface area is 74.9 Å². The van der Waals surface area contributed by atoms with Crippen molar-refractivity contribution < 1.29 is 4.79 Å². The molecule has 12 heavy (non-hydrogen) atoms. The maximum absolute atomic E-state index is 11.3. The fourth-order valence-electron chi connectivity index (χ4n) is 0.895. The average Bonchev–Trinajstić information content (AvgIpc) is 2.00. The maximum Gasteiger partial charge on any atom is 0.177 e. The second-order valence-electron chi connectivity index (χ2n) is 3.53. The minimum Gasteiger partial charge on any atom is -0.301 e. The van der Waals surface area contributed by atoms with E-state index in [4.69, 9.17) is 5.41 Å². The topological polar surface area (TPSA) is 40.9 Å². The third-order valence-electron chi connectivity index (χ3n) is 1.92. The van der Waals surface area contributed by atoms with Gasteiger partial charge >= 0.3 is 0 Å². The highest BCUT2D eigenvalue weighted by molar-refractivity contribution is 6.39. The van der Waals surface area contributed by atoms with Crippen LogP contribution in [-0.2, 0) is 4.79 Å². The summed E-state index contributed by atoms with van der Waals surface area (Å²) >= 11 is 0. The van der Waals surface area contributed by atoms with Crippen LogP contribution in [0.4, 0.5) is 0 Å². The molecule has 0 saturated carbocycles. The van der Waals surface area contributed by atoms with Gasteiger partial charge in [-0.05, 0) is 12.3 Å². The molecule has 2 heteroatoms. The fraction of sp³-hybridized carbons (Fsp3) is 0.700. The predicted octanol–water partition coefficient (Wildman–Crippen LogP) is 2.63. The van der Waals surface area contributed by atoms with Crippen LogP contribution in [0.3, 0.4) is 0 Å².